The minimum atomic E-state index is -3.94. The number of anilines is 1. The minimum Gasteiger partial charge on any atom is -0.492 e. The average molecular weight is 481 g/mol. The SMILES string of the molecule is CCc1ccc(OCCNC(=O)CN(c2ccccc2CC)S(=O)(=O)c2ccc(C)cc2)cc1. The van der Waals surface area contributed by atoms with Gasteiger partial charge in [0.25, 0.3) is 10.0 Å². The van der Waals surface area contributed by atoms with Crippen molar-refractivity contribution in [3.8, 4) is 5.75 Å². The van der Waals surface area contributed by atoms with Crippen LogP contribution in [0, 0.1) is 6.92 Å². The normalized spacial score (nSPS) is 11.1. The summed E-state index contributed by atoms with van der Waals surface area (Å²) in [5, 5.41) is 2.78. The Kier molecular flexibility index (Phi) is 8.71. The van der Waals surface area contributed by atoms with E-state index in [2.05, 4.69) is 12.2 Å². The molecule has 7 heteroatoms. The second-order valence-electron chi connectivity index (χ2n) is 8.00. The Morgan fingerprint density at radius 1 is 0.912 bits per heavy atom. The molecule has 0 saturated heterocycles. The summed E-state index contributed by atoms with van der Waals surface area (Å²) in [6.45, 7) is 6.18. The molecule has 0 aliphatic rings. The monoisotopic (exact) mass is 480 g/mol. The van der Waals surface area contributed by atoms with E-state index in [-0.39, 0.29) is 24.6 Å². The molecule has 0 spiro atoms. The minimum absolute atomic E-state index is 0.149. The second-order valence-corrected chi connectivity index (χ2v) is 9.87. The summed E-state index contributed by atoms with van der Waals surface area (Å²) in [6, 6.07) is 21.7. The van der Waals surface area contributed by atoms with E-state index in [0.29, 0.717) is 12.1 Å². The maximum Gasteiger partial charge on any atom is 0.264 e. The zero-order valence-corrected chi connectivity index (χ0v) is 20.8. The van der Waals surface area contributed by atoms with Crippen LogP contribution in [0.4, 0.5) is 5.69 Å². The highest BCUT2D eigenvalue weighted by Crippen LogP contribution is 2.27. The van der Waals surface area contributed by atoms with Crippen LogP contribution in [-0.4, -0.2) is 34.0 Å². The van der Waals surface area contributed by atoms with E-state index in [0.717, 1.165) is 23.3 Å². The van der Waals surface area contributed by atoms with E-state index in [4.69, 9.17) is 4.74 Å². The van der Waals surface area contributed by atoms with Crippen molar-refractivity contribution in [3.05, 3.63) is 89.5 Å². The lowest BCUT2D eigenvalue weighted by molar-refractivity contribution is -0.119. The summed E-state index contributed by atoms with van der Waals surface area (Å²) >= 11 is 0. The molecule has 0 fully saturated rings. The molecule has 6 nitrogen and oxygen atoms in total. The van der Waals surface area contributed by atoms with E-state index in [1.165, 1.54) is 9.87 Å². The molecule has 180 valence electrons. The Bertz CT molecular complexity index is 1190. The van der Waals surface area contributed by atoms with Crippen molar-refractivity contribution >= 4 is 21.6 Å². The van der Waals surface area contributed by atoms with Crippen molar-refractivity contribution in [2.24, 2.45) is 0 Å². The number of sulfonamides is 1. The van der Waals surface area contributed by atoms with Gasteiger partial charge in [0.05, 0.1) is 17.1 Å². The molecule has 0 radical (unpaired) electrons. The number of ether oxygens (including phenoxy) is 1. The molecule has 0 unspecified atom stereocenters. The van der Waals surface area contributed by atoms with Crippen LogP contribution in [0.5, 0.6) is 5.75 Å². The molecule has 0 aliphatic carbocycles. The van der Waals surface area contributed by atoms with Crippen LogP contribution in [0.3, 0.4) is 0 Å². The summed E-state index contributed by atoms with van der Waals surface area (Å²) in [5.41, 5.74) is 3.54. The number of hydrogen-bond acceptors (Lipinski definition) is 4. The van der Waals surface area contributed by atoms with Crippen LogP contribution < -0.4 is 14.4 Å². The fourth-order valence-electron chi connectivity index (χ4n) is 3.56. The maximum atomic E-state index is 13.5. The summed E-state index contributed by atoms with van der Waals surface area (Å²) in [4.78, 5) is 12.9. The van der Waals surface area contributed by atoms with E-state index in [1.54, 1.807) is 36.4 Å². The molecule has 1 N–H and O–H groups in total. The zero-order valence-electron chi connectivity index (χ0n) is 20.0. The fourth-order valence-corrected chi connectivity index (χ4v) is 5.02. The first-order valence-electron chi connectivity index (χ1n) is 11.5. The Hall–Kier alpha value is -3.32. The van der Waals surface area contributed by atoms with E-state index in [1.807, 2.05) is 50.2 Å². The van der Waals surface area contributed by atoms with Gasteiger partial charge in [0, 0.05) is 0 Å². The number of para-hydroxylation sites is 1. The molecule has 0 aromatic heterocycles. The first kappa shape index (κ1) is 25.3. The molecule has 3 aromatic carbocycles. The molecule has 1 amide bonds. The van der Waals surface area contributed by atoms with E-state index in [9.17, 15) is 13.2 Å². The van der Waals surface area contributed by atoms with Gasteiger partial charge in [-0.15, -0.1) is 0 Å². The highest BCUT2D eigenvalue weighted by atomic mass is 32.2. The van der Waals surface area contributed by atoms with Gasteiger partial charge in [0.15, 0.2) is 0 Å². The van der Waals surface area contributed by atoms with Gasteiger partial charge in [-0.3, -0.25) is 9.10 Å². The highest BCUT2D eigenvalue weighted by molar-refractivity contribution is 7.92. The molecule has 3 rings (SSSR count). The number of nitrogens with one attached hydrogen (secondary N) is 1. The first-order valence-corrected chi connectivity index (χ1v) is 12.9. The van der Waals surface area contributed by atoms with Gasteiger partial charge in [-0.2, -0.15) is 0 Å². The molecular weight excluding hydrogens is 448 g/mol. The van der Waals surface area contributed by atoms with Gasteiger partial charge < -0.3 is 10.1 Å². The van der Waals surface area contributed by atoms with Crippen molar-refractivity contribution in [1.82, 2.24) is 5.32 Å². The number of carbonyl (C=O) groups is 1. The first-order chi connectivity index (χ1) is 16.3. The van der Waals surface area contributed by atoms with E-state index < -0.39 is 15.9 Å². The number of aryl methyl sites for hydroxylation is 3. The summed E-state index contributed by atoms with van der Waals surface area (Å²) < 4.78 is 33.9. The van der Waals surface area contributed by atoms with Crippen molar-refractivity contribution in [3.63, 3.8) is 0 Å². The Balaban J connectivity index is 1.72. The van der Waals surface area contributed by atoms with Gasteiger partial charge in [0.2, 0.25) is 5.91 Å². The predicted octanol–water partition coefficient (Wildman–Crippen LogP) is 4.51. The lowest BCUT2D eigenvalue weighted by Crippen LogP contribution is -2.42. The van der Waals surface area contributed by atoms with E-state index >= 15 is 0 Å². The average Bonchev–Trinajstić information content (AvgIpc) is 2.85. The number of benzene rings is 3. The van der Waals surface area contributed by atoms with Gasteiger partial charge in [-0.1, -0.05) is 61.9 Å². The second kappa shape index (κ2) is 11.7. The summed E-state index contributed by atoms with van der Waals surface area (Å²) in [7, 11) is -3.94. The number of hydrogen-bond donors (Lipinski definition) is 1. The molecule has 0 heterocycles. The number of nitrogens with zero attached hydrogens (tertiary/aromatic N) is 1. The van der Waals surface area contributed by atoms with Crippen molar-refractivity contribution < 1.29 is 17.9 Å². The number of rotatable bonds is 11. The largest absolute Gasteiger partial charge is 0.492 e. The molecule has 0 saturated carbocycles. The van der Waals surface area contributed by atoms with Crippen LogP contribution in [0.2, 0.25) is 0 Å². The third-order valence-electron chi connectivity index (χ3n) is 5.56. The summed E-state index contributed by atoms with van der Waals surface area (Å²) in [5.74, 6) is 0.332. The standard InChI is InChI=1S/C27H32N2O4S/c1-4-22-12-14-24(15-13-22)33-19-18-28-27(30)20-29(26-9-7-6-8-23(26)5-2)34(31,32)25-16-10-21(3)11-17-25/h6-17H,4-5,18-20H2,1-3H3,(H,28,30). The third kappa shape index (κ3) is 6.38. The number of amides is 1. The van der Waals surface area contributed by atoms with Gasteiger partial charge in [-0.05, 0) is 61.2 Å². The van der Waals surface area contributed by atoms with Crippen molar-refractivity contribution in [2.75, 3.05) is 24.0 Å². The van der Waals surface area contributed by atoms with Crippen molar-refractivity contribution in [2.45, 2.75) is 38.5 Å². The maximum absolute atomic E-state index is 13.5. The summed E-state index contributed by atoms with van der Waals surface area (Å²) in [6.07, 6.45) is 1.60. The zero-order chi connectivity index (χ0) is 24.6. The van der Waals surface area contributed by atoms with Gasteiger partial charge in [0.1, 0.15) is 18.9 Å². The molecule has 3 aromatic rings. The quantitative estimate of drug-likeness (QED) is 0.410. The third-order valence-corrected chi connectivity index (χ3v) is 7.34. The molecule has 0 bridgehead atoms. The smallest absolute Gasteiger partial charge is 0.264 e. The Labute approximate surface area is 202 Å². The van der Waals surface area contributed by atoms with Crippen LogP contribution in [0.1, 0.15) is 30.5 Å². The van der Waals surface area contributed by atoms with Crippen LogP contribution in [-0.2, 0) is 27.7 Å². The van der Waals surface area contributed by atoms with Gasteiger partial charge >= 0.3 is 0 Å². The van der Waals surface area contributed by atoms with Crippen LogP contribution in [0.15, 0.2) is 77.7 Å². The van der Waals surface area contributed by atoms with Gasteiger partial charge in [-0.25, -0.2) is 8.42 Å². The fraction of sp³-hybridized carbons (Fsp3) is 0.296. The lowest BCUT2D eigenvalue weighted by atomic mass is 10.1. The van der Waals surface area contributed by atoms with Crippen LogP contribution >= 0.6 is 0 Å². The Morgan fingerprint density at radius 2 is 1.59 bits per heavy atom. The predicted molar refractivity (Wildman–Crippen MR) is 136 cm³/mol. The molecule has 0 atom stereocenters. The molecule has 34 heavy (non-hydrogen) atoms. The topological polar surface area (TPSA) is 75.7 Å². The van der Waals surface area contributed by atoms with Crippen molar-refractivity contribution in [1.29, 1.82) is 0 Å². The Morgan fingerprint density at radius 3 is 2.24 bits per heavy atom. The lowest BCUT2D eigenvalue weighted by Gasteiger charge is -2.26. The highest BCUT2D eigenvalue weighted by Gasteiger charge is 2.28. The van der Waals surface area contributed by atoms with Crippen LogP contribution in [0.25, 0.3) is 0 Å². The molecule has 0 aliphatic heterocycles. The number of carbonyl (C=O) groups excluding carboxylic acids is 1. The molecular formula is C27H32N2O4S.